The van der Waals surface area contributed by atoms with Crippen molar-refractivity contribution in [1.29, 1.82) is 0 Å². The predicted octanol–water partition coefficient (Wildman–Crippen LogP) is 2.30. The van der Waals surface area contributed by atoms with Crippen molar-refractivity contribution in [3.05, 3.63) is 24.3 Å². The molecular formula is C16H21N3O2. The normalized spacial score (nSPS) is 22.6. The molecule has 0 radical (unpaired) electrons. The monoisotopic (exact) mass is 287 g/mol. The Hall–Kier alpha value is -2.01. The van der Waals surface area contributed by atoms with E-state index in [-0.39, 0.29) is 6.10 Å². The standard InChI is InChI=1S/C16H21N3O2/c1-10-6-12(9-19(10)2)21-15-8-16(17)18-14-7-11(20-3)4-5-13(14)15/h4-5,7-8,10,12H,6,9H2,1-3H3,(H2,17,18). The molecule has 0 amide bonds. The summed E-state index contributed by atoms with van der Waals surface area (Å²) in [6.07, 6.45) is 1.22. The van der Waals surface area contributed by atoms with E-state index in [1.165, 1.54) is 0 Å². The van der Waals surface area contributed by atoms with Crippen molar-refractivity contribution < 1.29 is 9.47 Å². The molecule has 112 valence electrons. The highest BCUT2D eigenvalue weighted by molar-refractivity contribution is 5.87. The van der Waals surface area contributed by atoms with Crippen LogP contribution in [0.3, 0.4) is 0 Å². The number of fused-ring (bicyclic) bond motifs is 1. The highest BCUT2D eigenvalue weighted by atomic mass is 16.5. The minimum Gasteiger partial charge on any atom is -0.497 e. The molecule has 0 aliphatic carbocycles. The molecule has 5 nitrogen and oxygen atoms in total. The topological polar surface area (TPSA) is 60.6 Å². The fraction of sp³-hybridized carbons (Fsp3) is 0.438. The summed E-state index contributed by atoms with van der Waals surface area (Å²) < 4.78 is 11.4. The predicted molar refractivity (Wildman–Crippen MR) is 83.8 cm³/mol. The van der Waals surface area contributed by atoms with Crippen molar-refractivity contribution in [2.75, 3.05) is 26.4 Å². The zero-order valence-corrected chi connectivity index (χ0v) is 12.7. The second kappa shape index (κ2) is 5.41. The van der Waals surface area contributed by atoms with Gasteiger partial charge in [-0.25, -0.2) is 4.98 Å². The largest absolute Gasteiger partial charge is 0.497 e. The molecule has 1 fully saturated rings. The van der Waals surface area contributed by atoms with Crippen LogP contribution in [-0.2, 0) is 0 Å². The number of nitrogens with two attached hydrogens (primary N) is 1. The van der Waals surface area contributed by atoms with Gasteiger partial charge in [-0.1, -0.05) is 0 Å². The van der Waals surface area contributed by atoms with E-state index in [0.717, 1.165) is 35.4 Å². The lowest BCUT2D eigenvalue weighted by Gasteiger charge is -2.16. The number of rotatable bonds is 3. The number of aromatic nitrogens is 1. The van der Waals surface area contributed by atoms with Gasteiger partial charge in [0, 0.05) is 36.5 Å². The van der Waals surface area contributed by atoms with Gasteiger partial charge >= 0.3 is 0 Å². The van der Waals surface area contributed by atoms with Gasteiger partial charge in [0.1, 0.15) is 23.4 Å². The van der Waals surface area contributed by atoms with Crippen molar-refractivity contribution in [1.82, 2.24) is 9.88 Å². The van der Waals surface area contributed by atoms with E-state index in [9.17, 15) is 0 Å². The Morgan fingerprint density at radius 1 is 1.33 bits per heavy atom. The lowest BCUT2D eigenvalue weighted by atomic mass is 10.2. The van der Waals surface area contributed by atoms with Gasteiger partial charge in [0.05, 0.1) is 12.6 Å². The molecule has 2 aromatic rings. The maximum Gasteiger partial charge on any atom is 0.132 e. The van der Waals surface area contributed by atoms with Gasteiger partial charge in [0.2, 0.25) is 0 Å². The van der Waals surface area contributed by atoms with E-state index >= 15 is 0 Å². The molecule has 2 unspecified atom stereocenters. The molecule has 1 aliphatic rings. The number of nitrogen functional groups attached to an aromatic ring is 1. The molecule has 3 rings (SSSR count). The second-order valence-electron chi connectivity index (χ2n) is 5.69. The Morgan fingerprint density at radius 2 is 2.14 bits per heavy atom. The van der Waals surface area contributed by atoms with Gasteiger partial charge in [-0.3, -0.25) is 4.90 Å². The molecule has 2 N–H and O–H groups in total. The van der Waals surface area contributed by atoms with Crippen LogP contribution in [0.4, 0.5) is 5.82 Å². The first-order chi connectivity index (χ1) is 10.1. The average Bonchev–Trinajstić information content (AvgIpc) is 2.76. The summed E-state index contributed by atoms with van der Waals surface area (Å²) in [7, 11) is 3.76. The molecule has 0 bridgehead atoms. The van der Waals surface area contributed by atoms with Gasteiger partial charge < -0.3 is 15.2 Å². The Kier molecular flexibility index (Phi) is 3.59. The summed E-state index contributed by atoms with van der Waals surface area (Å²) in [5, 5.41) is 0.965. The van der Waals surface area contributed by atoms with E-state index < -0.39 is 0 Å². The van der Waals surface area contributed by atoms with Crippen LogP contribution in [0.25, 0.3) is 10.9 Å². The smallest absolute Gasteiger partial charge is 0.132 e. The minimum atomic E-state index is 0.192. The molecule has 5 heteroatoms. The molecule has 1 aliphatic heterocycles. The number of pyridine rings is 1. The number of likely N-dealkylation sites (tertiary alicyclic amines) is 1. The van der Waals surface area contributed by atoms with Gasteiger partial charge in [-0.2, -0.15) is 0 Å². The first-order valence-electron chi connectivity index (χ1n) is 7.18. The summed E-state index contributed by atoms with van der Waals surface area (Å²) >= 11 is 0. The lowest BCUT2D eigenvalue weighted by molar-refractivity contribution is 0.210. The lowest BCUT2D eigenvalue weighted by Crippen LogP contribution is -2.23. The van der Waals surface area contributed by atoms with Crippen LogP contribution in [0.5, 0.6) is 11.5 Å². The molecular weight excluding hydrogens is 266 g/mol. The van der Waals surface area contributed by atoms with Gasteiger partial charge in [-0.05, 0) is 26.1 Å². The Bertz CT molecular complexity index is 649. The van der Waals surface area contributed by atoms with E-state index in [4.69, 9.17) is 15.2 Å². The third-order valence-electron chi connectivity index (χ3n) is 4.14. The van der Waals surface area contributed by atoms with E-state index in [1.807, 2.05) is 18.2 Å². The third-order valence-corrected chi connectivity index (χ3v) is 4.14. The van der Waals surface area contributed by atoms with Gasteiger partial charge in [0.25, 0.3) is 0 Å². The zero-order valence-electron chi connectivity index (χ0n) is 12.7. The van der Waals surface area contributed by atoms with E-state index in [0.29, 0.717) is 11.9 Å². The van der Waals surface area contributed by atoms with Crippen LogP contribution < -0.4 is 15.2 Å². The molecule has 1 aromatic carbocycles. The maximum atomic E-state index is 6.18. The SMILES string of the molecule is COc1ccc2c(OC3CC(C)N(C)C3)cc(N)nc2c1. The van der Waals surface area contributed by atoms with Crippen molar-refractivity contribution in [2.24, 2.45) is 0 Å². The van der Waals surface area contributed by atoms with Crippen LogP contribution in [-0.4, -0.2) is 42.7 Å². The summed E-state index contributed by atoms with van der Waals surface area (Å²) in [5.41, 5.74) is 6.70. The summed E-state index contributed by atoms with van der Waals surface area (Å²) in [6, 6.07) is 8.11. The highest BCUT2D eigenvalue weighted by Gasteiger charge is 2.28. The Morgan fingerprint density at radius 3 is 2.81 bits per heavy atom. The summed E-state index contributed by atoms with van der Waals surface area (Å²) in [4.78, 5) is 6.66. The molecule has 1 aromatic heterocycles. The molecule has 2 heterocycles. The van der Waals surface area contributed by atoms with Crippen molar-refractivity contribution >= 4 is 16.7 Å². The second-order valence-corrected chi connectivity index (χ2v) is 5.69. The van der Waals surface area contributed by atoms with Crippen molar-refractivity contribution in [3.63, 3.8) is 0 Å². The molecule has 0 spiro atoms. The van der Waals surface area contributed by atoms with Crippen LogP contribution in [0, 0.1) is 0 Å². The fourth-order valence-corrected chi connectivity index (χ4v) is 2.82. The zero-order chi connectivity index (χ0) is 15.0. The number of nitrogens with zero attached hydrogens (tertiary/aromatic N) is 2. The van der Waals surface area contributed by atoms with Crippen molar-refractivity contribution in [3.8, 4) is 11.5 Å². The summed E-state index contributed by atoms with van der Waals surface area (Å²) in [5.74, 6) is 2.03. The minimum absolute atomic E-state index is 0.192. The maximum absolute atomic E-state index is 6.18. The van der Waals surface area contributed by atoms with E-state index in [1.54, 1.807) is 13.2 Å². The Balaban J connectivity index is 1.94. The van der Waals surface area contributed by atoms with Gasteiger partial charge in [-0.15, -0.1) is 0 Å². The first kappa shape index (κ1) is 13.9. The van der Waals surface area contributed by atoms with Crippen LogP contribution in [0.2, 0.25) is 0 Å². The van der Waals surface area contributed by atoms with Gasteiger partial charge in [0.15, 0.2) is 0 Å². The van der Waals surface area contributed by atoms with Crippen LogP contribution >= 0.6 is 0 Å². The summed E-state index contributed by atoms with van der Waals surface area (Å²) in [6.45, 7) is 3.15. The van der Waals surface area contributed by atoms with Crippen LogP contribution in [0.1, 0.15) is 13.3 Å². The number of hydrogen-bond donors (Lipinski definition) is 1. The number of methoxy groups -OCH3 is 1. The number of ether oxygens (including phenoxy) is 2. The van der Waals surface area contributed by atoms with E-state index in [2.05, 4.69) is 23.9 Å². The molecule has 21 heavy (non-hydrogen) atoms. The number of anilines is 1. The number of benzene rings is 1. The first-order valence-corrected chi connectivity index (χ1v) is 7.18. The molecule has 0 saturated carbocycles. The average molecular weight is 287 g/mol. The fourth-order valence-electron chi connectivity index (χ4n) is 2.82. The molecule has 1 saturated heterocycles. The van der Waals surface area contributed by atoms with Crippen LogP contribution in [0.15, 0.2) is 24.3 Å². The number of hydrogen-bond acceptors (Lipinski definition) is 5. The molecule has 2 atom stereocenters. The highest BCUT2D eigenvalue weighted by Crippen LogP contribution is 2.31. The quantitative estimate of drug-likeness (QED) is 0.938. The third kappa shape index (κ3) is 2.74. The number of likely N-dealkylation sites (N-methyl/N-ethyl adjacent to an activating group) is 1. The van der Waals surface area contributed by atoms with Crippen molar-refractivity contribution in [2.45, 2.75) is 25.5 Å². The Labute approximate surface area is 124 Å².